The van der Waals surface area contributed by atoms with E-state index in [2.05, 4.69) is 10.9 Å². The Hall–Kier alpha value is -1.84. The Bertz CT molecular complexity index is 611. The lowest BCUT2D eigenvalue weighted by atomic mass is 10.2. The van der Waals surface area contributed by atoms with Gasteiger partial charge in [-0.05, 0) is 19.3 Å². The zero-order valence-electron chi connectivity index (χ0n) is 11.4. The molecule has 2 atom stereocenters. The van der Waals surface area contributed by atoms with Crippen LogP contribution in [0.25, 0.3) is 0 Å². The molecular weight excluding hydrogens is 260 g/mol. The maximum absolute atomic E-state index is 11.8. The second kappa shape index (κ2) is 6.55. The second-order valence-corrected chi connectivity index (χ2v) is 4.72. The number of H-pyrrole nitrogens is 1. The maximum Gasteiger partial charge on any atom is 0.330 e. The number of rotatable bonds is 5. The van der Waals surface area contributed by atoms with Crippen molar-refractivity contribution in [3.63, 3.8) is 0 Å². The van der Waals surface area contributed by atoms with Crippen molar-refractivity contribution in [1.29, 1.82) is 0 Å². The summed E-state index contributed by atoms with van der Waals surface area (Å²) in [6.45, 7) is 3.26. The van der Waals surface area contributed by atoms with Crippen molar-refractivity contribution in [2.24, 2.45) is 0 Å². The molecular formula is C14H18N2O4. The van der Waals surface area contributed by atoms with Crippen LogP contribution in [0, 0.1) is 12.3 Å². The highest BCUT2D eigenvalue weighted by atomic mass is 16.5. The van der Waals surface area contributed by atoms with Gasteiger partial charge in [0.05, 0.1) is 12.7 Å². The minimum Gasteiger partial charge on any atom is -0.379 e. The van der Waals surface area contributed by atoms with Crippen molar-refractivity contribution in [2.75, 3.05) is 13.2 Å². The lowest BCUT2D eigenvalue weighted by molar-refractivity contribution is -0.0427. The van der Waals surface area contributed by atoms with Crippen LogP contribution < -0.4 is 11.2 Å². The summed E-state index contributed by atoms with van der Waals surface area (Å²) in [5, 5.41) is 0. The fourth-order valence-electron chi connectivity index (χ4n) is 2.18. The molecule has 0 saturated carbocycles. The molecule has 1 aromatic heterocycles. The molecule has 1 aliphatic heterocycles. The van der Waals surface area contributed by atoms with Crippen LogP contribution in [-0.2, 0) is 9.47 Å². The predicted octanol–water partition coefficient (Wildman–Crippen LogP) is 0.622. The first kappa shape index (κ1) is 14.6. The number of aromatic amines is 1. The number of terminal acetylenes is 1. The monoisotopic (exact) mass is 278 g/mol. The molecule has 0 spiro atoms. The standard InChI is InChI=1S/C14H18N2O4/c1-3-7-19-9-11-5-6-12(20-11)16-8-10(4-2)13(17)15-14(16)18/h2,8,11-12H,3,5-7,9H2,1H3,(H,15,17,18)/t11-,12+/m0/s1. The highest BCUT2D eigenvalue weighted by Crippen LogP contribution is 2.27. The number of hydrogen-bond acceptors (Lipinski definition) is 4. The van der Waals surface area contributed by atoms with E-state index in [0.29, 0.717) is 19.6 Å². The third kappa shape index (κ3) is 3.18. The van der Waals surface area contributed by atoms with Crippen molar-refractivity contribution in [3.05, 3.63) is 32.6 Å². The molecule has 0 unspecified atom stereocenters. The summed E-state index contributed by atoms with van der Waals surface area (Å²) < 4.78 is 12.5. The summed E-state index contributed by atoms with van der Waals surface area (Å²) in [6, 6.07) is 0. The quantitative estimate of drug-likeness (QED) is 0.633. The van der Waals surface area contributed by atoms with Gasteiger partial charge >= 0.3 is 5.69 Å². The average Bonchev–Trinajstić information content (AvgIpc) is 2.88. The molecule has 1 aromatic rings. The van der Waals surface area contributed by atoms with E-state index in [4.69, 9.17) is 15.9 Å². The van der Waals surface area contributed by atoms with Gasteiger partial charge in [-0.25, -0.2) is 4.79 Å². The second-order valence-electron chi connectivity index (χ2n) is 4.72. The summed E-state index contributed by atoms with van der Waals surface area (Å²) in [4.78, 5) is 25.4. The molecule has 0 amide bonds. The zero-order valence-corrected chi connectivity index (χ0v) is 11.4. The van der Waals surface area contributed by atoms with Crippen LogP contribution in [0.4, 0.5) is 0 Å². The van der Waals surface area contributed by atoms with Crippen molar-refractivity contribution in [2.45, 2.75) is 38.5 Å². The van der Waals surface area contributed by atoms with Crippen molar-refractivity contribution in [3.8, 4) is 12.3 Å². The highest BCUT2D eigenvalue weighted by Gasteiger charge is 2.27. The minimum atomic E-state index is -0.547. The summed E-state index contributed by atoms with van der Waals surface area (Å²) in [6.07, 6.45) is 8.64. The Morgan fingerprint density at radius 1 is 1.55 bits per heavy atom. The predicted molar refractivity (Wildman–Crippen MR) is 73.5 cm³/mol. The lowest BCUT2D eigenvalue weighted by Gasteiger charge is -2.16. The van der Waals surface area contributed by atoms with Gasteiger partial charge in [-0.1, -0.05) is 12.8 Å². The van der Waals surface area contributed by atoms with Crippen molar-refractivity contribution < 1.29 is 9.47 Å². The SMILES string of the molecule is C#Cc1cn([C@H]2CC[C@@H](COCCC)O2)c(=O)[nH]c1=O. The normalized spacial score (nSPS) is 21.8. The van der Waals surface area contributed by atoms with Crippen LogP contribution in [0.3, 0.4) is 0 Å². The maximum atomic E-state index is 11.8. The Labute approximate surface area is 116 Å². The van der Waals surface area contributed by atoms with Crippen LogP contribution in [-0.4, -0.2) is 28.9 Å². The van der Waals surface area contributed by atoms with Gasteiger partial charge in [0.25, 0.3) is 5.56 Å². The number of aromatic nitrogens is 2. The number of nitrogens with zero attached hydrogens (tertiary/aromatic N) is 1. The summed E-state index contributed by atoms with van der Waals surface area (Å²) >= 11 is 0. The number of nitrogens with one attached hydrogen (secondary N) is 1. The minimum absolute atomic E-state index is 0.0281. The van der Waals surface area contributed by atoms with E-state index in [0.717, 1.165) is 12.8 Å². The summed E-state index contributed by atoms with van der Waals surface area (Å²) in [5.74, 6) is 2.26. The van der Waals surface area contributed by atoms with E-state index in [1.165, 1.54) is 10.8 Å². The molecule has 0 radical (unpaired) electrons. The van der Waals surface area contributed by atoms with E-state index in [1.807, 2.05) is 6.92 Å². The van der Waals surface area contributed by atoms with E-state index in [9.17, 15) is 9.59 Å². The smallest absolute Gasteiger partial charge is 0.330 e. The number of ether oxygens (including phenoxy) is 2. The molecule has 0 aromatic carbocycles. The van der Waals surface area contributed by atoms with Crippen LogP contribution in [0.2, 0.25) is 0 Å². The van der Waals surface area contributed by atoms with Gasteiger partial charge in [0.15, 0.2) is 0 Å². The first-order chi connectivity index (χ1) is 9.65. The Morgan fingerprint density at radius 2 is 2.35 bits per heavy atom. The van der Waals surface area contributed by atoms with E-state index in [1.54, 1.807) is 0 Å². The Balaban J connectivity index is 2.09. The van der Waals surface area contributed by atoms with Crippen LogP contribution >= 0.6 is 0 Å². The van der Waals surface area contributed by atoms with Crippen LogP contribution in [0.15, 0.2) is 15.8 Å². The molecule has 20 heavy (non-hydrogen) atoms. The molecule has 1 N–H and O–H groups in total. The summed E-state index contributed by atoms with van der Waals surface area (Å²) in [7, 11) is 0. The van der Waals surface area contributed by atoms with Gasteiger partial charge in [-0.3, -0.25) is 14.3 Å². The van der Waals surface area contributed by atoms with Gasteiger partial charge in [-0.15, -0.1) is 6.42 Å². The Kier molecular flexibility index (Phi) is 4.77. The van der Waals surface area contributed by atoms with Gasteiger partial charge in [0.2, 0.25) is 0 Å². The Morgan fingerprint density at radius 3 is 3.05 bits per heavy atom. The average molecular weight is 278 g/mol. The fraction of sp³-hybridized carbons (Fsp3) is 0.571. The molecule has 108 valence electrons. The molecule has 0 aliphatic carbocycles. The van der Waals surface area contributed by atoms with Crippen LogP contribution in [0.1, 0.15) is 38.0 Å². The van der Waals surface area contributed by atoms with Crippen LogP contribution in [0.5, 0.6) is 0 Å². The highest BCUT2D eigenvalue weighted by molar-refractivity contribution is 5.26. The molecule has 6 heteroatoms. The molecule has 1 fully saturated rings. The molecule has 1 saturated heterocycles. The lowest BCUT2D eigenvalue weighted by Crippen LogP contribution is -2.33. The van der Waals surface area contributed by atoms with E-state index in [-0.39, 0.29) is 11.7 Å². The van der Waals surface area contributed by atoms with Gasteiger partial charge in [0.1, 0.15) is 11.8 Å². The largest absolute Gasteiger partial charge is 0.379 e. The topological polar surface area (TPSA) is 73.3 Å². The number of hydrogen-bond donors (Lipinski definition) is 1. The van der Waals surface area contributed by atoms with E-state index < -0.39 is 17.5 Å². The third-order valence-electron chi connectivity index (χ3n) is 3.17. The molecule has 6 nitrogen and oxygen atoms in total. The zero-order chi connectivity index (χ0) is 14.5. The molecule has 0 bridgehead atoms. The third-order valence-corrected chi connectivity index (χ3v) is 3.17. The first-order valence-corrected chi connectivity index (χ1v) is 6.71. The molecule has 2 heterocycles. The fourth-order valence-corrected chi connectivity index (χ4v) is 2.18. The van der Waals surface area contributed by atoms with Gasteiger partial charge in [-0.2, -0.15) is 0 Å². The molecule has 1 aliphatic rings. The van der Waals surface area contributed by atoms with Gasteiger partial charge < -0.3 is 9.47 Å². The first-order valence-electron chi connectivity index (χ1n) is 6.71. The van der Waals surface area contributed by atoms with E-state index >= 15 is 0 Å². The van der Waals surface area contributed by atoms with Crippen molar-refractivity contribution >= 4 is 0 Å². The van der Waals surface area contributed by atoms with Crippen molar-refractivity contribution in [1.82, 2.24) is 9.55 Å². The molecule has 2 rings (SSSR count). The summed E-state index contributed by atoms with van der Waals surface area (Å²) in [5.41, 5.74) is -0.928. The van der Waals surface area contributed by atoms with Gasteiger partial charge in [0, 0.05) is 12.8 Å².